The van der Waals surface area contributed by atoms with Gasteiger partial charge in [0.1, 0.15) is 5.78 Å². The Morgan fingerprint density at radius 1 is 1.20 bits per heavy atom. The fraction of sp³-hybridized carbons (Fsp3) is 0.412. The summed E-state index contributed by atoms with van der Waals surface area (Å²) < 4.78 is 1.89. The highest BCUT2D eigenvalue weighted by Crippen LogP contribution is 2.22. The Kier molecular flexibility index (Phi) is 4.72. The minimum absolute atomic E-state index is 0.0274. The highest BCUT2D eigenvalue weighted by molar-refractivity contribution is 5.87. The van der Waals surface area contributed by atoms with Gasteiger partial charge in [0, 0.05) is 18.2 Å². The summed E-state index contributed by atoms with van der Waals surface area (Å²) in [6, 6.07) is 12.3. The highest BCUT2D eigenvalue weighted by atomic mass is 16.1. The molecular formula is C17H22N2O. The molecule has 0 aliphatic rings. The summed E-state index contributed by atoms with van der Waals surface area (Å²) in [4.78, 5) is 12.5. The van der Waals surface area contributed by atoms with Gasteiger partial charge in [0.25, 0.3) is 0 Å². The summed E-state index contributed by atoms with van der Waals surface area (Å²) in [6.07, 6.45) is 3.18. The SMILES string of the molecule is CCC(C(=O)Cc1ccn(C(C)C)n1)c1ccccc1. The summed E-state index contributed by atoms with van der Waals surface area (Å²) in [7, 11) is 0. The van der Waals surface area contributed by atoms with Crippen LogP contribution >= 0.6 is 0 Å². The van der Waals surface area contributed by atoms with Crippen LogP contribution in [0.2, 0.25) is 0 Å². The normalized spacial score (nSPS) is 12.6. The second kappa shape index (κ2) is 6.51. The van der Waals surface area contributed by atoms with Gasteiger partial charge < -0.3 is 0 Å². The molecule has 0 radical (unpaired) electrons. The second-order valence-corrected chi connectivity index (χ2v) is 5.40. The van der Waals surface area contributed by atoms with E-state index < -0.39 is 0 Å². The van der Waals surface area contributed by atoms with Gasteiger partial charge in [0.05, 0.1) is 12.1 Å². The number of rotatable bonds is 6. The molecule has 0 N–H and O–H groups in total. The van der Waals surface area contributed by atoms with E-state index in [9.17, 15) is 4.79 Å². The van der Waals surface area contributed by atoms with Crippen molar-refractivity contribution in [2.24, 2.45) is 0 Å². The third-order valence-corrected chi connectivity index (χ3v) is 3.55. The molecule has 2 rings (SSSR count). The van der Waals surface area contributed by atoms with E-state index >= 15 is 0 Å². The Labute approximate surface area is 120 Å². The van der Waals surface area contributed by atoms with E-state index in [1.54, 1.807) is 0 Å². The first kappa shape index (κ1) is 14.5. The van der Waals surface area contributed by atoms with Crippen molar-refractivity contribution in [3.63, 3.8) is 0 Å². The number of hydrogen-bond donors (Lipinski definition) is 0. The van der Waals surface area contributed by atoms with Gasteiger partial charge in [-0.05, 0) is 31.9 Å². The molecule has 0 amide bonds. The number of hydrogen-bond acceptors (Lipinski definition) is 2. The Morgan fingerprint density at radius 2 is 1.90 bits per heavy atom. The van der Waals surface area contributed by atoms with Crippen LogP contribution in [0, 0.1) is 0 Å². The Hall–Kier alpha value is -1.90. The monoisotopic (exact) mass is 270 g/mol. The maximum Gasteiger partial charge on any atom is 0.146 e. The van der Waals surface area contributed by atoms with Crippen LogP contribution in [0.1, 0.15) is 50.4 Å². The fourth-order valence-electron chi connectivity index (χ4n) is 2.40. The van der Waals surface area contributed by atoms with E-state index in [2.05, 4.69) is 25.9 Å². The molecule has 20 heavy (non-hydrogen) atoms. The summed E-state index contributed by atoms with van der Waals surface area (Å²) in [5.41, 5.74) is 1.96. The van der Waals surface area contributed by atoms with Crippen molar-refractivity contribution in [3.8, 4) is 0 Å². The van der Waals surface area contributed by atoms with Crippen molar-refractivity contribution >= 4 is 5.78 Å². The molecule has 0 fully saturated rings. The summed E-state index contributed by atoms with van der Waals surface area (Å²) >= 11 is 0. The molecule has 0 saturated carbocycles. The average molecular weight is 270 g/mol. The third-order valence-electron chi connectivity index (χ3n) is 3.55. The van der Waals surface area contributed by atoms with Crippen molar-refractivity contribution in [2.45, 2.75) is 45.6 Å². The van der Waals surface area contributed by atoms with Crippen molar-refractivity contribution < 1.29 is 4.79 Å². The summed E-state index contributed by atoms with van der Waals surface area (Å²) in [5.74, 6) is 0.216. The maximum absolute atomic E-state index is 12.5. The van der Waals surface area contributed by atoms with Gasteiger partial charge in [-0.2, -0.15) is 5.10 Å². The van der Waals surface area contributed by atoms with Gasteiger partial charge in [-0.3, -0.25) is 9.48 Å². The zero-order valence-corrected chi connectivity index (χ0v) is 12.4. The van der Waals surface area contributed by atoms with Crippen LogP contribution in [-0.2, 0) is 11.2 Å². The van der Waals surface area contributed by atoms with Gasteiger partial charge in [-0.25, -0.2) is 0 Å². The van der Waals surface area contributed by atoms with Gasteiger partial charge in [-0.1, -0.05) is 37.3 Å². The lowest BCUT2D eigenvalue weighted by Crippen LogP contribution is -2.15. The lowest BCUT2D eigenvalue weighted by Gasteiger charge is -2.13. The zero-order chi connectivity index (χ0) is 14.5. The lowest BCUT2D eigenvalue weighted by atomic mass is 9.90. The number of Topliss-reactive ketones (excluding diaryl/α,β-unsaturated/α-hetero) is 1. The molecule has 0 bridgehead atoms. The number of carbonyl (C=O) groups excluding carboxylic acids is 1. The zero-order valence-electron chi connectivity index (χ0n) is 12.4. The Morgan fingerprint density at radius 3 is 2.45 bits per heavy atom. The van der Waals surface area contributed by atoms with Gasteiger partial charge in [-0.15, -0.1) is 0 Å². The molecule has 1 atom stereocenters. The molecule has 1 heterocycles. The molecule has 2 aromatic rings. The van der Waals surface area contributed by atoms with Crippen molar-refractivity contribution in [1.29, 1.82) is 0 Å². The second-order valence-electron chi connectivity index (χ2n) is 5.40. The van der Waals surface area contributed by atoms with Crippen LogP contribution in [0.3, 0.4) is 0 Å². The van der Waals surface area contributed by atoms with Crippen LogP contribution in [0.5, 0.6) is 0 Å². The molecule has 0 aliphatic heterocycles. The molecule has 3 heteroatoms. The van der Waals surface area contributed by atoms with Crippen molar-refractivity contribution in [3.05, 3.63) is 53.9 Å². The largest absolute Gasteiger partial charge is 0.299 e. The first-order chi connectivity index (χ1) is 9.61. The smallest absolute Gasteiger partial charge is 0.146 e. The molecule has 0 saturated heterocycles. The number of nitrogens with zero attached hydrogens (tertiary/aromatic N) is 2. The predicted octanol–water partition coefficient (Wildman–Crippen LogP) is 3.77. The van der Waals surface area contributed by atoms with E-state index in [0.29, 0.717) is 12.5 Å². The topological polar surface area (TPSA) is 34.9 Å². The van der Waals surface area contributed by atoms with Crippen LogP contribution in [-0.4, -0.2) is 15.6 Å². The first-order valence-electron chi connectivity index (χ1n) is 7.23. The number of aromatic nitrogens is 2. The highest BCUT2D eigenvalue weighted by Gasteiger charge is 2.19. The standard InChI is InChI=1S/C17H22N2O/c1-4-16(14-8-6-5-7-9-14)17(20)12-15-10-11-19(18-15)13(2)3/h5-11,13,16H,4,12H2,1-3H3. The molecule has 0 aliphatic carbocycles. The van der Waals surface area contributed by atoms with E-state index in [1.807, 2.05) is 47.3 Å². The van der Waals surface area contributed by atoms with Gasteiger partial charge >= 0.3 is 0 Å². The van der Waals surface area contributed by atoms with Crippen molar-refractivity contribution in [2.75, 3.05) is 0 Å². The van der Waals surface area contributed by atoms with Gasteiger partial charge in [0.15, 0.2) is 0 Å². The van der Waals surface area contributed by atoms with Crippen LogP contribution in [0.25, 0.3) is 0 Å². The summed E-state index contributed by atoms with van der Waals surface area (Å²) in [5, 5.41) is 4.46. The molecule has 1 aromatic carbocycles. The van der Waals surface area contributed by atoms with E-state index in [4.69, 9.17) is 0 Å². The molecule has 3 nitrogen and oxygen atoms in total. The number of benzene rings is 1. The van der Waals surface area contributed by atoms with E-state index in [1.165, 1.54) is 0 Å². The summed E-state index contributed by atoms with van der Waals surface area (Å²) in [6.45, 7) is 6.22. The first-order valence-corrected chi connectivity index (χ1v) is 7.23. The van der Waals surface area contributed by atoms with Crippen molar-refractivity contribution in [1.82, 2.24) is 9.78 Å². The third kappa shape index (κ3) is 3.35. The molecule has 0 spiro atoms. The average Bonchev–Trinajstić information content (AvgIpc) is 2.89. The maximum atomic E-state index is 12.5. The Bertz CT molecular complexity index is 557. The molecule has 1 aromatic heterocycles. The van der Waals surface area contributed by atoms with Gasteiger partial charge in [0.2, 0.25) is 0 Å². The quantitative estimate of drug-likeness (QED) is 0.801. The number of ketones is 1. The van der Waals surface area contributed by atoms with Crippen LogP contribution in [0.15, 0.2) is 42.6 Å². The predicted molar refractivity (Wildman–Crippen MR) is 80.8 cm³/mol. The van der Waals surface area contributed by atoms with E-state index in [0.717, 1.165) is 17.7 Å². The van der Waals surface area contributed by atoms with Crippen LogP contribution in [0.4, 0.5) is 0 Å². The Balaban J connectivity index is 2.09. The van der Waals surface area contributed by atoms with Crippen LogP contribution < -0.4 is 0 Å². The fourth-order valence-corrected chi connectivity index (χ4v) is 2.40. The minimum atomic E-state index is -0.0274. The molecular weight excluding hydrogens is 248 g/mol. The lowest BCUT2D eigenvalue weighted by molar-refractivity contribution is -0.120. The van der Waals surface area contributed by atoms with E-state index in [-0.39, 0.29) is 11.7 Å². The minimum Gasteiger partial charge on any atom is -0.299 e. The number of carbonyl (C=O) groups is 1. The molecule has 1 unspecified atom stereocenters. The molecule has 106 valence electrons.